The Kier molecular flexibility index (Phi) is 4.14. The molecule has 0 aliphatic rings. The fourth-order valence-corrected chi connectivity index (χ4v) is 1.72. The SMILES string of the molecule is COc1ccc(C)cc1Nc1nc(NN)ncc1[N+](=O)[O-]. The fraction of sp³-hybridized carbons (Fsp3) is 0.167. The summed E-state index contributed by atoms with van der Waals surface area (Å²) in [5.41, 5.74) is 3.50. The van der Waals surface area contributed by atoms with Crippen LogP contribution < -0.4 is 21.3 Å². The maximum absolute atomic E-state index is 11.0. The molecule has 110 valence electrons. The maximum Gasteiger partial charge on any atom is 0.329 e. The monoisotopic (exact) mass is 290 g/mol. The highest BCUT2D eigenvalue weighted by molar-refractivity contribution is 5.70. The molecule has 0 radical (unpaired) electrons. The minimum absolute atomic E-state index is 0.0202. The first-order chi connectivity index (χ1) is 10.0. The van der Waals surface area contributed by atoms with E-state index in [-0.39, 0.29) is 17.5 Å². The van der Waals surface area contributed by atoms with Gasteiger partial charge in [0, 0.05) is 0 Å². The van der Waals surface area contributed by atoms with Crippen molar-refractivity contribution in [3.63, 3.8) is 0 Å². The van der Waals surface area contributed by atoms with E-state index in [0.717, 1.165) is 11.8 Å². The zero-order valence-corrected chi connectivity index (χ0v) is 11.5. The minimum Gasteiger partial charge on any atom is -0.495 e. The van der Waals surface area contributed by atoms with E-state index < -0.39 is 4.92 Å². The number of hydrogen-bond acceptors (Lipinski definition) is 8. The molecule has 2 rings (SSSR count). The average Bonchev–Trinajstić information content (AvgIpc) is 2.47. The lowest BCUT2D eigenvalue weighted by Crippen LogP contribution is -2.12. The van der Waals surface area contributed by atoms with Crippen molar-refractivity contribution in [2.75, 3.05) is 17.9 Å². The zero-order chi connectivity index (χ0) is 15.4. The summed E-state index contributed by atoms with van der Waals surface area (Å²) in [5.74, 6) is 5.84. The van der Waals surface area contributed by atoms with Crippen LogP contribution in [0, 0.1) is 17.0 Å². The number of nitrogens with zero attached hydrogens (tertiary/aromatic N) is 3. The van der Waals surface area contributed by atoms with E-state index in [2.05, 4.69) is 20.7 Å². The van der Waals surface area contributed by atoms with E-state index in [4.69, 9.17) is 10.6 Å². The van der Waals surface area contributed by atoms with Crippen molar-refractivity contribution in [3.05, 3.63) is 40.1 Å². The van der Waals surface area contributed by atoms with Crippen molar-refractivity contribution in [2.24, 2.45) is 5.84 Å². The highest BCUT2D eigenvalue weighted by atomic mass is 16.6. The molecule has 2 aromatic rings. The molecule has 0 unspecified atom stereocenters. The van der Waals surface area contributed by atoms with Gasteiger partial charge >= 0.3 is 5.69 Å². The van der Waals surface area contributed by atoms with Crippen LogP contribution in [0.15, 0.2) is 24.4 Å². The predicted molar refractivity (Wildman–Crippen MR) is 77.5 cm³/mol. The minimum atomic E-state index is -0.578. The second kappa shape index (κ2) is 6.01. The molecule has 0 atom stereocenters. The molecule has 1 heterocycles. The van der Waals surface area contributed by atoms with E-state index in [1.165, 1.54) is 7.11 Å². The maximum atomic E-state index is 11.0. The highest BCUT2D eigenvalue weighted by Crippen LogP contribution is 2.31. The number of nitro groups is 1. The highest BCUT2D eigenvalue weighted by Gasteiger charge is 2.18. The van der Waals surface area contributed by atoms with Crippen LogP contribution in [-0.4, -0.2) is 22.0 Å². The number of aromatic nitrogens is 2. The largest absolute Gasteiger partial charge is 0.495 e. The smallest absolute Gasteiger partial charge is 0.329 e. The van der Waals surface area contributed by atoms with Gasteiger partial charge in [-0.05, 0) is 24.6 Å². The average molecular weight is 290 g/mol. The van der Waals surface area contributed by atoms with Crippen LogP contribution in [0.3, 0.4) is 0 Å². The number of anilines is 3. The van der Waals surface area contributed by atoms with Gasteiger partial charge in [-0.15, -0.1) is 0 Å². The second-order valence-electron chi connectivity index (χ2n) is 4.16. The van der Waals surface area contributed by atoms with Gasteiger partial charge in [0.1, 0.15) is 11.9 Å². The van der Waals surface area contributed by atoms with Crippen LogP contribution in [0.1, 0.15) is 5.56 Å². The Morgan fingerprint density at radius 3 is 2.81 bits per heavy atom. The molecule has 1 aromatic heterocycles. The third-order valence-corrected chi connectivity index (χ3v) is 2.70. The van der Waals surface area contributed by atoms with Gasteiger partial charge in [0.2, 0.25) is 11.8 Å². The lowest BCUT2D eigenvalue weighted by molar-refractivity contribution is -0.384. The zero-order valence-electron chi connectivity index (χ0n) is 11.5. The van der Waals surface area contributed by atoms with Gasteiger partial charge in [-0.25, -0.2) is 10.8 Å². The third kappa shape index (κ3) is 3.15. The van der Waals surface area contributed by atoms with Crippen molar-refractivity contribution in [2.45, 2.75) is 6.92 Å². The Balaban J connectivity index is 2.47. The van der Waals surface area contributed by atoms with Crippen LogP contribution in [0.5, 0.6) is 5.75 Å². The molecule has 21 heavy (non-hydrogen) atoms. The number of benzene rings is 1. The molecular weight excluding hydrogens is 276 g/mol. The molecule has 0 amide bonds. The van der Waals surface area contributed by atoms with E-state index in [1.807, 2.05) is 13.0 Å². The summed E-state index contributed by atoms with van der Waals surface area (Å²) in [5, 5.41) is 13.9. The third-order valence-electron chi connectivity index (χ3n) is 2.70. The number of nitrogen functional groups attached to an aromatic ring is 1. The lowest BCUT2D eigenvalue weighted by Gasteiger charge is -2.12. The van der Waals surface area contributed by atoms with Gasteiger partial charge in [0.05, 0.1) is 17.7 Å². The van der Waals surface area contributed by atoms with Crippen LogP contribution in [0.2, 0.25) is 0 Å². The first-order valence-corrected chi connectivity index (χ1v) is 5.95. The molecule has 0 bridgehead atoms. The van der Waals surface area contributed by atoms with E-state index in [0.29, 0.717) is 11.4 Å². The molecule has 0 spiro atoms. The van der Waals surface area contributed by atoms with Crippen LogP contribution in [0.4, 0.5) is 23.1 Å². The van der Waals surface area contributed by atoms with Crippen molar-refractivity contribution in [3.8, 4) is 5.75 Å². The Hall–Kier alpha value is -2.94. The molecule has 0 saturated carbocycles. The Morgan fingerprint density at radius 1 is 1.43 bits per heavy atom. The van der Waals surface area contributed by atoms with Crippen molar-refractivity contribution < 1.29 is 9.66 Å². The molecular formula is C12H14N6O3. The van der Waals surface area contributed by atoms with Crippen LogP contribution >= 0.6 is 0 Å². The molecule has 4 N–H and O–H groups in total. The van der Waals surface area contributed by atoms with Gasteiger partial charge in [0.25, 0.3) is 0 Å². The Bertz CT molecular complexity index is 676. The predicted octanol–water partition coefficient (Wildman–Crippen LogP) is 1.73. The Morgan fingerprint density at radius 2 is 2.19 bits per heavy atom. The number of aryl methyl sites for hydroxylation is 1. The number of methoxy groups -OCH3 is 1. The topological polar surface area (TPSA) is 128 Å². The fourth-order valence-electron chi connectivity index (χ4n) is 1.72. The number of nitrogens with one attached hydrogen (secondary N) is 2. The standard InChI is InChI=1S/C12H14N6O3/c1-7-3-4-10(21-2)8(5-7)15-11-9(18(19)20)6-14-12(16-11)17-13/h3-6H,13H2,1-2H3,(H2,14,15,16,17). The molecule has 0 aliphatic carbocycles. The van der Waals surface area contributed by atoms with E-state index >= 15 is 0 Å². The normalized spacial score (nSPS) is 10.0. The van der Waals surface area contributed by atoms with Gasteiger partial charge in [0.15, 0.2) is 0 Å². The molecule has 0 saturated heterocycles. The number of hydrazine groups is 1. The van der Waals surface area contributed by atoms with Crippen molar-refractivity contribution in [1.29, 1.82) is 0 Å². The second-order valence-corrected chi connectivity index (χ2v) is 4.16. The number of rotatable bonds is 5. The summed E-state index contributed by atoms with van der Waals surface area (Å²) in [7, 11) is 1.51. The van der Waals surface area contributed by atoms with E-state index in [1.54, 1.807) is 12.1 Å². The first kappa shape index (κ1) is 14.5. The number of nitrogens with two attached hydrogens (primary N) is 1. The molecule has 9 heteroatoms. The number of hydrogen-bond donors (Lipinski definition) is 3. The van der Waals surface area contributed by atoms with Gasteiger partial charge in [-0.3, -0.25) is 15.5 Å². The summed E-state index contributed by atoms with van der Waals surface area (Å²) in [6.45, 7) is 1.89. The van der Waals surface area contributed by atoms with E-state index in [9.17, 15) is 10.1 Å². The molecule has 1 aromatic carbocycles. The van der Waals surface area contributed by atoms with Gasteiger partial charge in [-0.1, -0.05) is 6.07 Å². The summed E-state index contributed by atoms with van der Waals surface area (Å²) < 4.78 is 5.21. The summed E-state index contributed by atoms with van der Waals surface area (Å²) >= 11 is 0. The van der Waals surface area contributed by atoms with Crippen molar-refractivity contribution >= 4 is 23.1 Å². The van der Waals surface area contributed by atoms with Gasteiger partial charge in [-0.2, -0.15) is 4.98 Å². The van der Waals surface area contributed by atoms with Crippen LogP contribution in [-0.2, 0) is 0 Å². The summed E-state index contributed by atoms with van der Waals surface area (Å²) in [6.07, 6.45) is 1.08. The molecule has 0 aliphatic heterocycles. The lowest BCUT2D eigenvalue weighted by atomic mass is 10.2. The van der Waals surface area contributed by atoms with Gasteiger partial charge < -0.3 is 10.1 Å². The van der Waals surface area contributed by atoms with Crippen molar-refractivity contribution in [1.82, 2.24) is 9.97 Å². The summed E-state index contributed by atoms with van der Waals surface area (Å²) in [4.78, 5) is 18.1. The molecule has 9 nitrogen and oxygen atoms in total. The number of ether oxygens (including phenoxy) is 1. The molecule has 0 fully saturated rings. The Labute approximate surface area is 120 Å². The van der Waals surface area contributed by atoms with Crippen LogP contribution in [0.25, 0.3) is 0 Å². The quantitative estimate of drug-likeness (QED) is 0.431. The summed E-state index contributed by atoms with van der Waals surface area (Å²) in [6, 6.07) is 5.41. The first-order valence-electron chi connectivity index (χ1n) is 5.95.